The molecular weight excluding hydrogens is 428 g/mol. The highest BCUT2D eigenvalue weighted by molar-refractivity contribution is 8.24. The van der Waals surface area contributed by atoms with Crippen molar-refractivity contribution in [3.05, 3.63) is 64.5 Å². The number of hydrazone groups is 1. The molecule has 1 aromatic carbocycles. The lowest BCUT2D eigenvalue weighted by Crippen LogP contribution is -2.54. The van der Waals surface area contributed by atoms with Crippen LogP contribution in [0.15, 0.2) is 53.9 Å². The summed E-state index contributed by atoms with van der Waals surface area (Å²) in [5.74, 6) is 0. The molecule has 2 aromatic rings. The number of aromatic nitrogens is 1. The van der Waals surface area contributed by atoms with Gasteiger partial charge in [-0.15, -0.1) is 0 Å². The molecule has 1 aliphatic heterocycles. The number of nitro groups is 1. The molecule has 1 saturated heterocycles. The number of urea groups is 1. The van der Waals surface area contributed by atoms with Crippen LogP contribution in [0, 0.1) is 10.1 Å². The lowest BCUT2D eigenvalue weighted by atomic mass is 10.1. The fourth-order valence-electron chi connectivity index (χ4n) is 2.77. The topological polar surface area (TPSA) is 124 Å². The van der Waals surface area contributed by atoms with Gasteiger partial charge in [-0.1, -0.05) is 30.0 Å². The molecule has 0 unspecified atom stereocenters. The molecule has 0 spiro atoms. The first-order chi connectivity index (χ1) is 14.2. The standard InChI is InChI=1S/C18H18N6O4S2/c1-18(2)15(22(17(29)30-18)20-11-12-4-3-9-19-10-12)23(26)16(25)21-13-5-7-14(8-6-13)24(27)28/h3-11,15,26H,1-2H3,(H,21,25)/b20-11-/t15-/m0/s1. The lowest BCUT2D eigenvalue weighted by Gasteiger charge is -2.34. The van der Waals surface area contributed by atoms with E-state index in [1.807, 2.05) is 13.8 Å². The summed E-state index contributed by atoms with van der Waals surface area (Å²) >= 11 is 6.68. The molecule has 0 saturated carbocycles. The zero-order valence-corrected chi connectivity index (χ0v) is 17.6. The van der Waals surface area contributed by atoms with E-state index in [2.05, 4.69) is 15.4 Å². The summed E-state index contributed by atoms with van der Waals surface area (Å²) in [5.41, 5.74) is 0.915. The molecule has 10 nitrogen and oxygen atoms in total. The van der Waals surface area contributed by atoms with Crippen LogP contribution in [0.25, 0.3) is 0 Å². The molecule has 12 heteroatoms. The molecule has 1 aliphatic rings. The first kappa shape index (κ1) is 21.6. The van der Waals surface area contributed by atoms with E-state index in [1.54, 1.807) is 24.5 Å². The number of nitrogens with one attached hydrogen (secondary N) is 1. The van der Waals surface area contributed by atoms with Crippen molar-refractivity contribution in [2.24, 2.45) is 5.10 Å². The molecule has 3 rings (SSSR count). The number of thiocarbonyl (C=S) groups is 1. The van der Waals surface area contributed by atoms with Crippen molar-refractivity contribution in [3.63, 3.8) is 0 Å². The molecule has 2 amide bonds. The molecule has 156 valence electrons. The van der Waals surface area contributed by atoms with Crippen molar-refractivity contribution in [3.8, 4) is 0 Å². The molecular formula is C18H18N6O4S2. The number of non-ortho nitro benzene ring substituents is 1. The highest BCUT2D eigenvalue weighted by Crippen LogP contribution is 2.42. The van der Waals surface area contributed by atoms with Gasteiger partial charge in [-0.2, -0.15) is 10.2 Å². The molecule has 0 aliphatic carbocycles. The van der Waals surface area contributed by atoms with E-state index in [0.717, 1.165) is 5.56 Å². The van der Waals surface area contributed by atoms with Crippen molar-refractivity contribution < 1.29 is 14.9 Å². The van der Waals surface area contributed by atoms with Crippen LogP contribution in [0.1, 0.15) is 19.4 Å². The number of carbonyl (C=O) groups excluding carboxylic acids is 1. The van der Waals surface area contributed by atoms with Gasteiger partial charge in [-0.05, 0) is 32.0 Å². The van der Waals surface area contributed by atoms with E-state index in [4.69, 9.17) is 12.2 Å². The molecule has 1 fully saturated rings. The fraction of sp³-hybridized carbons (Fsp3) is 0.222. The minimum atomic E-state index is -0.888. The van der Waals surface area contributed by atoms with Gasteiger partial charge in [0, 0.05) is 35.8 Å². The summed E-state index contributed by atoms with van der Waals surface area (Å²) in [6, 6.07) is 8.01. The number of nitro benzene ring substituents is 1. The van der Waals surface area contributed by atoms with Crippen LogP contribution >= 0.6 is 24.0 Å². The maximum atomic E-state index is 12.6. The Labute approximate surface area is 181 Å². The molecule has 1 atom stereocenters. The number of benzene rings is 1. The Kier molecular flexibility index (Phi) is 6.29. The number of hydroxylamine groups is 2. The average molecular weight is 447 g/mol. The van der Waals surface area contributed by atoms with Crippen LogP contribution in [0.4, 0.5) is 16.2 Å². The Hall–Kier alpha value is -3.09. The maximum Gasteiger partial charge on any atom is 0.347 e. The highest BCUT2D eigenvalue weighted by Gasteiger charge is 2.50. The molecule has 30 heavy (non-hydrogen) atoms. The van der Waals surface area contributed by atoms with Crippen molar-refractivity contribution in [2.45, 2.75) is 24.8 Å². The Bertz CT molecular complexity index is 984. The second-order valence-corrected chi connectivity index (χ2v) is 9.09. The maximum absolute atomic E-state index is 12.6. The van der Waals surface area contributed by atoms with E-state index >= 15 is 0 Å². The summed E-state index contributed by atoms with van der Waals surface area (Å²) in [7, 11) is 0. The number of hydrogen-bond acceptors (Lipinski definition) is 8. The summed E-state index contributed by atoms with van der Waals surface area (Å²) in [6.07, 6.45) is 3.91. The smallest absolute Gasteiger partial charge is 0.306 e. The van der Waals surface area contributed by atoms with Crippen LogP contribution in [-0.2, 0) is 0 Å². The number of amides is 2. The van der Waals surface area contributed by atoms with Crippen LogP contribution in [0.5, 0.6) is 0 Å². The van der Waals surface area contributed by atoms with E-state index in [0.29, 0.717) is 15.1 Å². The van der Waals surface area contributed by atoms with Crippen LogP contribution < -0.4 is 5.32 Å². The van der Waals surface area contributed by atoms with E-state index < -0.39 is 21.9 Å². The summed E-state index contributed by atoms with van der Waals surface area (Å²) in [6.45, 7) is 3.66. The van der Waals surface area contributed by atoms with E-state index in [-0.39, 0.29) is 5.69 Å². The third-order valence-corrected chi connectivity index (χ3v) is 5.71. The first-order valence-electron chi connectivity index (χ1n) is 8.69. The molecule has 1 aromatic heterocycles. The minimum absolute atomic E-state index is 0.108. The van der Waals surface area contributed by atoms with Gasteiger partial charge in [-0.3, -0.25) is 20.3 Å². The average Bonchev–Trinajstić information content (AvgIpc) is 2.94. The van der Waals surface area contributed by atoms with Gasteiger partial charge in [0.25, 0.3) is 5.69 Å². The minimum Gasteiger partial charge on any atom is -0.306 e. The third kappa shape index (κ3) is 4.72. The monoisotopic (exact) mass is 446 g/mol. The van der Waals surface area contributed by atoms with Gasteiger partial charge >= 0.3 is 6.03 Å². The predicted octanol–water partition coefficient (Wildman–Crippen LogP) is 3.69. The predicted molar refractivity (Wildman–Crippen MR) is 117 cm³/mol. The molecule has 2 N–H and O–H groups in total. The summed E-state index contributed by atoms with van der Waals surface area (Å²) in [4.78, 5) is 26.8. The van der Waals surface area contributed by atoms with Crippen molar-refractivity contribution in [2.75, 3.05) is 5.32 Å². The lowest BCUT2D eigenvalue weighted by molar-refractivity contribution is -0.384. The Morgan fingerprint density at radius 1 is 1.43 bits per heavy atom. The van der Waals surface area contributed by atoms with Crippen LogP contribution in [-0.4, -0.2) is 52.7 Å². The van der Waals surface area contributed by atoms with Gasteiger partial charge in [0.1, 0.15) is 0 Å². The largest absolute Gasteiger partial charge is 0.347 e. The van der Waals surface area contributed by atoms with Gasteiger partial charge in [0.15, 0.2) is 10.5 Å². The normalized spacial score (nSPS) is 17.9. The second-order valence-electron chi connectivity index (χ2n) is 6.80. The van der Waals surface area contributed by atoms with E-state index in [1.165, 1.54) is 47.3 Å². The van der Waals surface area contributed by atoms with Crippen molar-refractivity contribution in [1.29, 1.82) is 0 Å². The van der Waals surface area contributed by atoms with E-state index in [9.17, 15) is 20.1 Å². The molecule has 0 radical (unpaired) electrons. The highest BCUT2D eigenvalue weighted by atomic mass is 32.2. The number of hydrogen-bond donors (Lipinski definition) is 2. The zero-order chi connectivity index (χ0) is 21.9. The Morgan fingerprint density at radius 3 is 2.73 bits per heavy atom. The number of rotatable bonds is 5. The number of nitrogens with zero attached hydrogens (tertiary/aromatic N) is 5. The summed E-state index contributed by atoms with van der Waals surface area (Å²) < 4.78 is -0.266. The Morgan fingerprint density at radius 2 is 2.13 bits per heavy atom. The number of anilines is 1. The van der Waals surface area contributed by atoms with Crippen LogP contribution in [0.3, 0.4) is 0 Å². The quantitative estimate of drug-likeness (QED) is 0.234. The van der Waals surface area contributed by atoms with Crippen molar-refractivity contribution >= 4 is 51.9 Å². The Balaban J connectivity index is 1.78. The first-order valence-corrected chi connectivity index (χ1v) is 9.91. The molecule has 2 heterocycles. The second kappa shape index (κ2) is 8.73. The molecule has 0 bridgehead atoms. The van der Waals surface area contributed by atoms with Gasteiger partial charge in [-0.25, -0.2) is 9.80 Å². The van der Waals surface area contributed by atoms with Gasteiger partial charge in [0.2, 0.25) is 0 Å². The number of thioether (sulfide) groups is 1. The van der Waals surface area contributed by atoms with Gasteiger partial charge < -0.3 is 5.32 Å². The zero-order valence-electron chi connectivity index (χ0n) is 16.0. The fourth-order valence-corrected chi connectivity index (χ4v) is 4.55. The number of carbonyl (C=O) groups is 1. The SMILES string of the molecule is CC1(C)SC(=S)N(/N=C\c2cccnc2)[C@H]1N(O)C(=O)Nc1ccc([N+](=O)[O-])cc1. The van der Waals surface area contributed by atoms with Crippen molar-refractivity contribution in [1.82, 2.24) is 15.1 Å². The third-order valence-electron chi connectivity index (χ3n) is 4.18. The van der Waals surface area contributed by atoms with Crippen LogP contribution in [0.2, 0.25) is 0 Å². The number of pyridine rings is 1. The van der Waals surface area contributed by atoms with Gasteiger partial charge in [0.05, 0.1) is 15.9 Å². The summed E-state index contributed by atoms with van der Waals surface area (Å²) in [5, 5.41) is 30.2.